The zero-order chi connectivity index (χ0) is 20.9. The van der Waals surface area contributed by atoms with E-state index in [-0.39, 0.29) is 16.6 Å². The van der Waals surface area contributed by atoms with E-state index in [2.05, 4.69) is 5.10 Å². The number of benzene rings is 2. The topological polar surface area (TPSA) is 66.1 Å². The Morgan fingerprint density at radius 3 is 2.38 bits per heavy atom. The van der Waals surface area contributed by atoms with E-state index in [0.29, 0.717) is 16.4 Å². The van der Waals surface area contributed by atoms with Gasteiger partial charge in [0.1, 0.15) is 5.52 Å². The summed E-state index contributed by atoms with van der Waals surface area (Å²) in [4.78, 5) is 25.0. The predicted octanol–water partition coefficient (Wildman–Crippen LogP) is 3.68. The highest BCUT2D eigenvalue weighted by Gasteiger charge is 2.30. The van der Waals surface area contributed by atoms with Crippen LogP contribution in [0, 0.1) is 0 Å². The molecular weight excluding hydrogens is 387 g/mol. The lowest BCUT2D eigenvalue weighted by molar-refractivity contribution is -0.137. The minimum Gasteiger partial charge on any atom is -0.465 e. The molecule has 0 aliphatic rings. The number of aromatic nitrogens is 3. The van der Waals surface area contributed by atoms with Crippen molar-refractivity contribution in [1.82, 2.24) is 14.3 Å². The van der Waals surface area contributed by atoms with Gasteiger partial charge < -0.3 is 4.74 Å². The fraction of sp³-hybridized carbons (Fsp3) is 0.150. The molecule has 29 heavy (non-hydrogen) atoms. The number of carbonyl (C=O) groups is 1. The van der Waals surface area contributed by atoms with Crippen molar-refractivity contribution in [3.05, 3.63) is 70.1 Å². The summed E-state index contributed by atoms with van der Waals surface area (Å²) in [5.74, 6) is -0.553. The molecule has 6 nitrogen and oxygen atoms in total. The summed E-state index contributed by atoms with van der Waals surface area (Å²) in [6.07, 6.45) is -2.95. The Morgan fingerprint density at radius 1 is 1.07 bits per heavy atom. The molecule has 4 aromatic rings. The number of alkyl halides is 3. The normalized spacial score (nSPS) is 11.9. The minimum absolute atomic E-state index is 0.268. The maximum Gasteiger partial charge on any atom is 0.416 e. The van der Waals surface area contributed by atoms with Crippen molar-refractivity contribution in [1.29, 1.82) is 0 Å². The summed E-state index contributed by atoms with van der Waals surface area (Å²) < 4.78 is 46.2. The van der Waals surface area contributed by atoms with E-state index < -0.39 is 23.3 Å². The third kappa shape index (κ3) is 3.04. The average molecular weight is 401 g/mol. The van der Waals surface area contributed by atoms with Crippen LogP contribution in [0.15, 0.2) is 53.5 Å². The molecule has 0 bridgehead atoms. The number of esters is 1. The number of pyridine rings is 1. The summed E-state index contributed by atoms with van der Waals surface area (Å²) in [5.41, 5.74) is 0.101. The van der Waals surface area contributed by atoms with Gasteiger partial charge in [0.2, 0.25) is 0 Å². The van der Waals surface area contributed by atoms with Gasteiger partial charge in [-0.05, 0) is 42.5 Å². The highest BCUT2D eigenvalue weighted by molar-refractivity contribution is 6.06. The number of methoxy groups -OCH3 is 1. The number of ether oxygens (including phenoxy) is 1. The van der Waals surface area contributed by atoms with E-state index in [1.807, 2.05) is 0 Å². The quantitative estimate of drug-likeness (QED) is 0.481. The van der Waals surface area contributed by atoms with Crippen LogP contribution in [0.3, 0.4) is 0 Å². The van der Waals surface area contributed by atoms with Gasteiger partial charge in [0, 0.05) is 24.3 Å². The van der Waals surface area contributed by atoms with Gasteiger partial charge in [-0.1, -0.05) is 0 Å². The zero-order valence-corrected chi connectivity index (χ0v) is 15.3. The maximum absolute atomic E-state index is 13.1. The second-order valence-corrected chi connectivity index (χ2v) is 6.47. The van der Waals surface area contributed by atoms with Crippen LogP contribution in [0.1, 0.15) is 15.9 Å². The number of aryl methyl sites for hydroxylation is 1. The lowest BCUT2D eigenvalue weighted by Crippen LogP contribution is -2.19. The Bertz CT molecular complexity index is 1320. The summed E-state index contributed by atoms with van der Waals surface area (Å²) in [7, 11) is 2.91. The SMILES string of the molecule is COC(=O)c1ccc2c(c1)c1nn(C)cc1c(=O)n2-c1ccc(C(F)(F)F)cc1. The largest absolute Gasteiger partial charge is 0.465 e. The first-order chi connectivity index (χ1) is 13.7. The van der Waals surface area contributed by atoms with E-state index >= 15 is 0 Å². The monoisotopic (exact) mass is 401 g/mol. The van der Waals surface area contributed by atoms with Crippen LogP contribution in [0.5, 0.6) is 0 Å². The summed E-state index contributed by atoms with van der Waals surface area (Å²) in [6.45, 7) is 0. The van der Waals surface area contributed by atoms with E-state index in [1.165, 1.54) is 40.8 Å². The molecule has 2 aromatic heterocycles. The third-order valence-electron chi connectivity index (χ3n) is 4.63. The van der Waals surface area contributed by atoms with Crippen molar-refractivity contribution in [2.24, 2.45) is 7.05 Å². The molecule has 2 aromatic carbocycles. The molecule has 0 radical (unpaired) electrons. The summed E-state index contributed by atoms with van der Waals surface area (Å²) in [5, 5.41) is 5.09. The molecule has 0 saturated heterocycles. The maximum atomic E-state index is 13.1. The fourth-order valence-electron chi connectivity index (χ4n) is 3.30. The molecule has 148 valence electrons. The van der Waals surface area contributed by atoms with Crippen LogP contribution < -0.4 is 5.56 Å². The number of carbonyl (C=O) groups excluding carboxylic acids is 1. The van der Waals surface area contributed by atoms with E-state index in [4.69, 9.17) is 4.74 Å². The molecule has 0 aliphatic carbocycles. The highest BCUT2D eigenvalue weighted by atomic mass is 19.4. The van der Waals surface area contributed by atoms with Crippen molar-refractivity contribution in [2.45, 2.75) is 6.18 Å². The van der Waals surface area contributed by atoms with Crippen LogP contribution in [0.4, 0.5) is 13.2 Å². The van der Waals surface area contributed by atoms with E-state index in [9.17, 15) is 22.8 Å². The van der Waals surface area contributed by atoms with Gasteiger partial charge in [-0.2, -0.15) is 18.3 Å². The van der Waals surface area contributed by atoms with Crippen LogP contribution in [0.25, 0.3) is 27.5 Å². The van der Waals surface area contributed by atoms with Gasteiger partial charge in [-0.25, -0.2) is 4.79 Å². The third-order valence-corrected chi connectivity index (χ3v) is 4.63. The molecule has 0 fully saturated rings. The van der Waals surface area contributed by atoms with Gasteiger partial charge in [0.15, 0.2) is 0 Å². The number of nitrogens with zero attached hydrogens (tertiary/aromatic N) is 3. The molecule has 0 aliphatic heterocycles. The first-order valence-corrected chi connectivity index (χ1v) is 8.49. The molecule has 4 rings (SSSR count). The Kier molecular flexibility index (Phi) is 4.18. The van der Waals surface area contributed by atoms with Gasteiger partial charge in [0.25, 0.3) is 5.56 Å². The van der Waals surface area contributed by atoms with Crippen LogP contribution >= 0.6 is 0 Å². The highest BCUT2D eigenvalue weighted by Crippen LogP contribution is 2.30. The average Bonchev–Trinajstić information content (AvgIpc) is 3.09. The lowest BCUT2D eigenvalue weighted by atomic mass is 10.1. The van der Waals surface area contributed by atoms with E-state index in [0.717, 1.165) is 12.1 Å². The molecule has 0 saturated carbocycles. The first kappa shape index (κ1) is 18.7. The fourth-order valence-corrected chi connectivity index (χ4v) is 3.30. The van der Waals surface area contributed by atoms with Gasteiger partial charge >= 0.3 is 12.1 Å². The molecule has 0 N–H and O–H groups in total. The number of halogens is 3. The Labute approximate surface area is 161 Å². The van der Waals surface area contributed by atoms with Crippen molar-refractivity contribution < 1.29 is 22.7 Å². The number of fused-ring (bicyclic) bond motifs is 3. The molecular formula is C20H14F3N3O3. The molecule has 9 heteroatoms. The van der Waals surface area contributed by atoms with Crippen molar-refractivity contribution >= 4 is 27.8 Å². The molecule has 0 unspecified atom stereocenters. The molecule has 2 heterocycles. The van der Waals surface area contributed by atoms with Gasteiger partial charge in [-0.15, -0.1) is 0 Å². The Balaban J connectivity index is 2.06. The Hall–Kier alpha value is -3.62. The smallest absolute Gasteiger partial charge is 0.416 e. The minimum atomic E-state index is -4.48. The number of rotatable bonds is 2. The second-order valence-electron chi connectivity index (χ2n) is 6.47. The molecule has 0 atom stereocenters. The zero-order valence-electron chi connectivity index (χ0n) is 15.3. The van der Waals surface area contributed by atoms with Gasteiger partial charge in [0.05, 0.1) is 29.1 Å². The standard InChI is InChI=1S/C20H14F3N3O3/c1-25-10-15-17(24-25)14-9-11(19(28)29-2)3-8-16(14)26(18(15)27)13-6-4-12(5-7-13)20(21,22)23/h3-10H,1-2H3. The Morgan fingerprint density at radius 2 is 1.76 bits per heavy atom. The summed E-state index contributed by atoms with van der Waals surface area (Å²) >= 11 is 0. The van der Waals surface area contributed by atoms with Crippen LogP contribution in [-0.2, 0) is 18.0 Å². The number of hydrogen-bond acceptors (Lipinski definition) is 4. The van der Waals surface area contributed by atoms with Crippen LogP contribution in [0.2, 0.25) is 0 Å². The first-order valence-electron chi connectivity index (χ1n) is 8.49. The summed E-state index contributed by atoms with van der Waals surface area (Å²) in [6, 6.07) is 8.90. The van der Waals surface area contributed by atoms with Crippen molar-refractivity contribution in [3.63, 3.8) is 0 Å². The number of hydrogen-bond donors (Lipinski definition) is 0. The van der Waals surface area contributed by atoms with Gasteiger partial charge in [-0.3, -0.25) is 14.0 Å². The van der Waals surface area contributed by atoms with Crippen molar-refractivity contribution in [2.75, 3.05) is 7.11 Å². The molecule has 0 spiro atoms. The van der Waals surface area contributed by atoms with E-state index in [1.54, 1.807) is 19.2 Å². The lowest BCUT2D eigenvalue weighted by Gasteiger charge is -2.13. The second kappa shape index (κ2) is 6.47. The van der Waals surface area contributed by atoms with Crippen LogP contribution in [-0.4, -0.2) is 27.4 Å². The van der Waals surface area contributed by atoms with Crippen molar-refractivity contribution in [3.8, 4) is 5.69 Å². The predicted molar refractivity (Wildman–Crippen MR) is 100 cm³/mol. The molecule has 0 amide bonds.